The Morgan fingerprint density at radius 2 is 1.68 bits per heavy atom. The van der Waals surface area contributed by atoms with E-state index in [-0.39, 0.29) is 11.7 Å². The van der Waals surface area contributed by atoms with E-state index in [0.29, 0.717) is 26.2 Å². The van der Waals surface area contributed by atoms with Crippen LogP contribution in [0, 0.1) is 5.82 Å². The van der Waals surface area contributed by atoms with E-state index in [2.05, 4.69) is 17.0 Å². The summed E-state index contributed by atoms with van der Waals surface area (Å²) in [5, 5.41) is 0. The molecule has 0 fully saturated rings. The van der Waals surface area contributed by atoms with Gasteiger partial charge in [0.2, 0.25) is 5.91 Å². The summed E-state index contributed by atoms with van der Waals surface area (Å²) >= 11 is 0. The summed E-state index contributed by atoms with van der Waals surface area (Å²) in [4.78, 5) is 16.2. The smallest absolute Gasteiger partial charge is 0.236 e. The molecule has 0 aliphatic rings. The molecule has 0 saturated carbocycles. The molecule has 0 aromatic heterocycles. The van der Waals surface area contributed by atoms with E-state index in [0.717, 1.165) is 18.5 Å². The summed E-state index contributed by atoms with van der Waals surface area (Å²) in [7, 11) is 1.77. The lowest BCUT2D eigenvalue weighted by Crippen LogP contribution is -2.41. The van der Waals surface area contributed by atoms with Gasteiger partial charge < -0.3 is 10.6 Å². The zero-order valence-corrected chi connectivity index (χ0v) is 14.7. The van der Waals surface area contributed by atoms with E-state index in [1.807, 2.05) is 18.2 Å². The van der Waals surface area contributed by atoms with Gasteiger partial charge in [0.05, 0.1) is 6.54 Å². The van der Waals surface area contributed by atoms with Crippen LogP contribution in [0.1, 0.15) is 11.1 Å². The normalized spacial score (nSPS) is 10.9. The van der Waals surface area contributed by atoms with Crippen molar-refractivity contribution in [3.05, 3.63) is 71.5 Å². The number of carbonyl (C=O) groups excluding carboxylic acids is 1. The Bertz CT molecular complexity index is 646. The Morgan fingerprint density at radius 3 is 2.32 bits per heavy atom. The summed E-state index contributed by atoms with van der Waals surface area (Å²) in [6.45, 7) is 2.79. The highest BCUT2D eigenvalue weighted by atomic mass is 19.1. The van der Waals surface area contributed by atoms with Crippen molar-refractivity contribution in [3.63, 3.8) is 0 Å². The lowest BCUT2D eigenvalue weighted by Gasteiger charge is -2.25. The fourth-order valence-electron chi connectivity index (χ4n) is 2.65. The lowest BCUT2D eigenvalue weighted by molar-refractivity contribution is -0.131. The van der Waals surface area contributed by atoms with Crippen LogP contribution in [0.25, 0.3) is 0 Å². The van der Waals surface area contributed by atoms with Gasteiger partial charge in [-0.05, 0) is 29.7 Å². The number of benzene rings is 2. The van der Waals surface area contributed by atoms with Crippen LogP contribution in [0.3, 0.4) is 0 Å². The fraction of sp³-hybridized carbons (Fsp3) is 0.350. The molecular weight excluding hydrogens is 317 g/mol. The lowest BCUT2D eigenvalue weighted by atomic mass is 10.1. The topological polar surface area (TPSA) is 49.6 Å². The van der Waals surface area contributed by atoms with Crippen LogP contribution in [0.15, 0.2) is 54.6 Å². The molecule has 2 aromatic carbocycles. The Hall–Kier alpha value is -2.24. The third-order valence-corrected chi connectivity index (χ3v) is 4.12. The molecule has 0 unspecified atom stereocenters. The predicted molar refractivity (Wildman–Crippen MR) is 98.5 cm³/mol. The molecule has 134 valence electrons. The molecule has 25 heavy (non-hydrogen) atoms. The van der Waals surface area contributed by atoms with Crippen LogP contribution < -0.4 is 5.73 Å². The van der Waals surface area contributed by atoms with Gasteiger partial charge in [-0.15, -0.1) is 0 Å². The van der Waals surface area contributed by atoms with Gasteiger partial charge in [0.15, 0.2) is 0 Å². The second-order valence-corrected chi connectivity index (χ2v) is 6.18. The maximum Gasteiger partial charge on any atom is 0.236 e. The van der Waals surface area contributed by atoms with Crippen molar-refractivity contribution < 1.29 is 9.18 Å². The molecular formula is C20H26FN3O. The van der Waals surface area contributed by atoms with Gasteiger partial charge in [0.1, 0.15) is 5.82 Å². The van der Waals surface area contributed by atoms with E-state index in [9.17, 15) is 9.18 Å². The molecule has 0 atom stereocenters. The van der Waals surface area contributed by atoms with Crippen molar-refractivity contribution in [1.29, 1.82) is 0 Å². The van der Waals surface area contributed by atoms with Gasteiger partial charge in [-0.2, -0.15) is 0 Å². The van der Waals surface area contributed by atoms with Crippen molar-refractivity contribution in [2.75, 3.05) is 33.2 Å². The van der Waals surface area contributed by atoms with Gasteiger partial charge in [0, 0.05) is 33.2 Å². The molecule has 0 aliphatic heterocycles. The van der Waals surface area contributed by atoms with E-state index < -0.39 is 0 Å². The molecule has 0 spiro atoms. The summed E-state index contributed by atoms with van der Waals surface area (Å²) in [5.41, 5.74) is 7.84. The van der Waals surface area contributed by atoms with Crippen LogP contribution in [0.5, 0.6) is 0 Å². The number of nitrogens with zero attached hydrogens (tertiary/aromatic N) is 2. The average molecular weight is 343 g/mol. The minimum atomic E-state index is -0.271. The number of halogens is 1. The second kappa shape index (κ2) is 9.91. The largest absolute Gasteiger partial charge is 0.340 e. The van der Waals surface area contributed by atoms with Gasteiger partial charge in [0.25, 0.3) is 0 Å². The van der Waals surface area contributed by atoms with E-state index in [1.54, 1.807) is 24.1 Å². The van der Waals surface area contributed by atoms with Crippen LogP contribution >= 0.6 is 0 Å². The first-order valence-electron chi connectivity index (χ1n) is 8.53. The minimum Gasteiger partial charge on any atom is -0.340 e. The summed E-state index contributed by atoms with van der Waals surface area (Å²) in [5.74, 6) is -0.237. The number of hydrogen-bond acceptors (Lipinski definition) is 3. The Morgan fingerprint density at radius 1 is 1.00 bits per heavy atom. The molecule has 2 rings (SSSR count). The Labute approximate surface area is 149 Å². The number of rotatable bonds is 9. The number of likely N-dealkylation sites (N-methyl/N-ethyl adjacent to an activating group) is 1. The molecule has 0 heterocycles. The van der Waals surface area contributed by atoms with Gasteiger partial charge in [-0.25, -0.2) is 4.39 Å². The van der Waals surface area contributed by atoms with Gasteiger partial charge in [-0.3, -0.25) is 9.69 Å². The molecule has 4 nitrogen and oxygen atoms in total. The highest BCUT2D eigenvalue weighted by molar-refractivity contribution is 5.78. The minimum absolute atomic E-state index is 0.0332. The summed E-state index contributed by atoms with van der Waals surface area (Å²) < 4.78 is 13.0. The van der Waals surface area contributed by atoms with Crippen LogP contribution in [0.2, 0.25) is 0 Å². The summed E-state index contributed by atoms with van der Waals surface area (Å²) in [6, 6.07) is 16.4. The predicted octanol–water partition coefficient (Wildman–Crippen LogP) is 2.29. The molecule has 0 radical (unpaired) electrons. The first-order chi connectivity index (χ1) is 12.1. The second-order valence-electron chi connectivity index (χ2n) is 6.18. The average Bonchev–Trinajstić information content (AvgIpc) is 2.62. The standard InChI is InChI=1S/C20H26FN3O/c1-23(15-18-7-9-19(21)10-8-18)20(25)16-24(14-12-22)13-11-17-5-3-2-4-6-17/h2-10H,11-16,22H2,1H3. The quantitative estimate of drug-likeness (QED) is 0.760. The summed E-state index contributed by atoms with van der Waals surface area (Å²) in [6.07, 6.45) is 0.885. The third kappa shape index (κ3) is 6.64. The SMILES string of the molecule is CN(Cc1ccc(F)cc1)C(=O)CN(CCN)CCc1ccccc1. The van der Waals surface area contributed by atoms with E-state index >= 15 is 0 Å². The van der Waals surface area contributed by atoms with Crippen LogP contribution in [0.4, 0.5) is 4.39 Å². The molecule has 0 saturated heterocycles. The highest BCUT2D eigenvalue weighted by Crippen LogP contribution is 2.07. The Kier molecular flexibility index (Phi) is 7.57. The number of carbonyl (C=O) groups is 1. The zero-order chi connectivity index (χ0) is 18.1. The maximum absolute atomic E-state index is 13.0. The maximum atomic E-state index is 13.0. The number of hydrogen-bond donors (Lipinski definition) is 1. The third-order valence-electron chi connectivity index (χ3n) is 4.12. The first kappa shape index (κ1) is 19.1. The van der Waals surface area contributed by atoms with Gasteiger partial charge >= 0.3 is 0 Å². The van der Waals surface area contributed by atoms with E-state index in [1.165, 1.54) is 17.7 Å². The number of nitrogens with two attached hydrogens (primary N) is 1. The first-order valence-corrected chi connectivity index (χ1v) is 8.53. The van der Waals surface area contributed by atoms with Crippen molar-refractivity contribution in [3.8, 4) is 0 Å². The highest BCUT2D eigenvalue weighted by Gasteiger charge is 2.14. The van der Waals surface area contributed by atoms with Crippen molar-refractivity contribution >= 4 is 5.91 Å². The van der Waals surface area contributed by atoms with Gasteiger partial charge in [-0.1, -0.05) is 42.5 Å². The molecule has 0 aliphatic carbocycles. The van der Waals surface area contributed by atoms with Crippen LogP contribution in [-0.2, 0) is 17.8 Å². The van der Waals surface area contributed by atoms with Crippen LogP contribution in [-0.4, -0.2) is 48.9 Å². The molecule has 2 aromatic rings. The van der Waals surface area contributed by atoms with Crippen molar-refractivity contribution in [1.82, 2.24) is 9.80 Å². The molecule has 2 N–H and O–H groups in total. The van der Waals surface area contributed by atoms with Crippen molar-refractivity contribution in [2.24, 2.45) is 5.73 Å². The Balaban J connectivity index is 1.86. The molecule has 1 amide bonds. The molecule has 0 bridgehead atoms. The number of amides is 1. The van der Waals surface area contributed by atoms with Crippen molar-refractivity contribution in [2.45, 2.75) is 13.0 Å². The fourth-order valence-corrected chi connectivity index (χ4v) is 2.65. The monoisotopic (exact) mass is 343 g/mol. The zero-order valence-electron chi connectivity index (χ0n) is 14.7. The van der Waals surface area contributed by atoms with E-state index in [4.69, 9.17) is 5.73 Å². The molecule has 5 heteroatoms.